The SMILES string of the molecule is COC(=O)[C@](C)(C=O)NC(=O)c1ccccc1. The molecule has 0 aromatic heterocycles. The summed E-state index contributed by atoms with van der Waals surface area (Å²) >= 11 is 0. The van der Waals surface area contributed by atoms with E-state index in [4.69, 9.17) is 0 Å². The molecule has 1 N–H and O–H groups in total. The number of ether oxygens (including phenoxy) is 1. The van der Waals surface area contributed by atoms with Crippen molar-refractivity contribution >= 4 is 18.2 Å². The molecule has 1 atom stereocenters. The number of rotatable bonds is 4. The topological polar surface area (TPSA) is 72.5 Å². The Balaban J connectivity index is 2.87. The average molecular weight is 235 g/mol. The lowest BCUT2D eigenvalue weighted by molar-refractivity contribution is -0.149. The molecule has 0 saturated carbocycles. The van der Waals surface area contributed by atoms with Crippen LogP contribution in [0, 0.1) is 0 Å². The van der Waals surface area contributed by atoms with E-state index in [2.05, 4.69) is 10.1 Å². The molecule has 0 aliphatic heterocycles. The van der Waals surface area contributed by atoms with E-state index in [9.17, 15) is 14.4 Å². The van der Waals surface area contributed by atoms with Crippen molar-refractivity contribution in [2.45, 2.75) is 12.5 Å². The minimum absolute atomic E-state index is 0.347. The van der Waals surface area contributed by atoms with Gasteiger partial charge in [0.15, 0.2) is 11.8 Å². The Kier molecular flexibility index (Phi) is 3.98. The molecule has 0 aliphatic rings. The molecule has 0 bridgehead atoms. The number of aldehydes is 1. The van der Waals surface area contributed by atoms with E-state index in [1.807, 2.05) is 0 Å². The molecule has 0 unspecified atom stereocenters. The van der Waals surface area contributed by atoms with E-state index in [1.54, 1.807) is 30.3 Å². The molecule has 1 aromatic rings. The summed E-state index contributed by atoms with van der Waals surface area (Å²) in [6.45, 7) is 1.28. The fraction of sp³-hybridized carbons (Fsp3) is 0.250. The predicted molar refractivity (Wildman–Crippen MR) is 60.4 cm³/mol. The Bertz CT molecular complexity index is 429. The van der Waals surface area contributed by atoms with Gasteiger partial charge < -0.3 is 14.8 Å². The largest absolute Gasteiger partial charge is 0.467 e. The molecule has 90 valence electrons. The van der Waals surface area contributed by atoms with Gasteiger partial charge in [-0.1, -0.05) is 18.2 Å². The van der Waals surface area contributed by atoms with E-state index in [0.29, 0.717) is 11.8 Å². The van der Waals surface area contributed by atoms with Crippen LogP contribution in [0.5, 0.6) is 0 Å². The van der Waals surface area contributed by atoms with Gasteiger partial charge in [0, 0.05) is 5.56 Å². The minimum Gasteiger partial charge on any atom is -0.467 e. The van der Waals surface area contributed by atoms with Crippen LogP contribution < -0.4 is 5.32 Å². The number of benzene rings is 1. The number of carbonyl (C=O) groups excluding carboxylic acids is 3. The second-order valence-corrected chi connectivity index (χ2v) is 3.63. The number of hydrogen-bond donors (Lipinski definition) is 1. The standard InChI is InChI=1S/C12H13NO4/c1-12(8-14,11(16)17-2)13-10(15)9-6-4-3-5-7-9/h3-8H,1-2H3,(H,13,15)/t12-/m0/s1. The third-order valence-electron chi connectivity index (χ3n) is 2.25. The van der Waals surface area contributed by atoms with E-state index >= 15 is 0 Å². The monoisotopic (exact) mass is 235 g/mol. The lowest BCUT2D eigenvalue weighted by Crippen LogP contribution is -2.54. The molecule has 0 saturated heterocycles. The number of methoxy groups -OCH3 is 1. The Hall–Kier alpha value is -2.17. The summed E-state index contributed by atoms with van der Waals surface area (Å²) < 4.78 is 4.46. The first-order valence-electron chi connectivity index (χ1n) is 4.96. The zero-order valence-electron chi connectivity index (χ0n) is 9.60. The summed E-state index contributed by atoms with van der Waals surface area (Å²) in [4.78, 5) is 34.0. The number of amides is 1. The first kappa shape index (κ1) is 12.9. The molecular weight excluding hydrogens is 222 g/mol. The predicted octanol–water partition coefficient (Wildman–Crippen LogP) is 0.547. The maximum absolute atomic E-state index is 11.8. The lowest BCUT2D eigenvalue weighted by atomic mass is 10.0. The van der Waals surface area contributed by atoms with Gasteiger partial charge in [0.1, 0.15) is 0 Å². The smallest absolute Gasteiger partial charge is 0.338 e. The molecule has 0 spiro atoms. The van der Waals surface area contributed by atoms with Crippen molar-refractivity contribution in [1.82, 2.24) is 5.32 Å². The minimum atomic E-state index is -1.67. The van der Waals surface area contributed by atoms with Gasteiger partial charge in [0.2, 0.25) is 0 Å². The third kappa shape index (κ3) is 2.90. The van der Waals surface area contributed by atoms with Gasteiger partial charge in [-0.25, -0.2) is 4.79 Å². The third-order valence-corrected chi connectivity index (χ3v) is 2.25. The number of carbonyl (C=O) groups is 3. The number of esters is 1. The van der Waals surface area contributed by atoms with Crippen LogP contribution in [0.15, 0.2) is 30.3 Å². The van der Waals surface area contributed by atoms with Crippen LogP contribution in [0.4, 0.5) is 0 Å². The quantitative estimate of drug-likeness (QED) is 0.470. The molecule has 5 nitrogen and oxygen atoms in total. The van der Waals surface area contributed by atoms with Crippen LogP contribution >= 0.6 is 0 Å². The highest BCUT2D eigenvalue weighted by molar-refractivity contribution is 6.05. The van der Waals surface area contributed by atoms with Crippen LogP contribution in [0.3, 0.4) is 0 Å². The summed E-state index contributed by atoms with van der Waals surface area (Å²) in [6, 6.07) is 8.29. The van der Waals surface area contributed by atoms with Crippen molar-refractivity contribution in [2.75, 3.05) is 7.11 Å². The van der Waals surface area contributed by atoms with Gasteiger partial charge in [-0.15, -0.1) is 0 Å². The fourth-order valence-electron chi connectivity index (χ4n) is 1.24. The van der Waals surface area contributed by atoms with Crippen LogP contribution in [0.2, 0.25) is 0 Å². The van der Waals surface area contributed by atoms with Crippen molar-refractivity contribution in [3.8, 4) is 0 Å². The molecule has 1 rings (SSSR count). The Morgan fingerprint density at radius 2 is 1.88 bits per heavy atom. The summed E-state index contributed by atoms with van der Waals surface area (Å²) in [7, 11) is 1.15. The van der Waals surface area contributed by atoms with Crippen LogP contribution in [0.1, 0.15) is 17.3 Å². The maximum Gasteiger partial charge on any atom is 0.338 e. The van der Waals surface area contributed by atoms with Gasteiger partial charge in [-0.3, -0.25) is 4.79 Å². The lowest BCUT2D eigenvalue weighted by Gasteiger charge is -2.21. The molecule has 0 fully saturated rings. The first-order valence-corrected chi connectivity index (χ1v) is 4.96. The average Bonchev–Trinajstić information content (AvgIpc) is 2.38. The molecule has 17 heavy (non-hydrogen) atoms. The molecule has 1 amide bonds. The normalized spacial score (nSPS) is 13.3. The van der Waals surface area contributed by atoms with E-state index < -0.39 is 17.4 Å². The Morgan fingerprint density at radius 3 is 2.35 bits per heavy atom. The summed E-state index contributed by atoms with van der Waals surface area (Å²) in [6.07, 6.45) is 0.347. The van der Waals surface area contributed by atoms with E-state index in [1.165, 1.54) is 6.92 Å². The van der Waals surface area contributed by atoms with E-state index in [0.717, 1.165) is 7.11 Å². The van der Waals surface area contributed by atoms with Crippen LogP contribution in [0.25, 0.3) is 0 Å². The van der Waals surface area contributed by atoms with Crippen LogP contribution in [-0.4, -0.2) is 30.8 Å². The van der Waals surface area contributed by atoms with Crippen molar-refractivity contribution < 1.29 is 19.1 Å². The van der Waals surface area contributed by atoms with Gasteiger partial charge in [0.05, 0.1) is 7.11 Å². The molecule has 0 radical (unpaired) electrons. The molecule has 0 heterocycles. The maximum atomic E-state index is 11.8. The van der Waals surface area contributed by atoms with Gasteiger partial charge >= 0.3 is 5.97 Å². The summed E-state index contributed by atoms with van der Waals surface area (Å²) in [5.41, 5.74) is -1.30. The highest BCUT2D eigenvalue weighted by atomic mass is 16.5. The zero-order valence-corrected chi connectivity index (χ0v) is 9.60. The fourth-order valence-corrected chi connectivity index (χ4v) is 1.24. The summed E-state index contributed by atoms with van der Waals surface area (Å²) in [5.74, 6) is -1.32. The van der Waals surface area contributed by atoms with Gasteiger partial charge in [0.25, 0.3) is 5.91 Å². The van der Waals surface area contributed by atoms with Gasteiger partial charge in [-0.2, -0.15) is 0 Å². The Labute approximate surface area is 98.8 Å². The zero-order chi connectivity index (χ0) is 12.9. The van der Waals surface area contributed by atoms with Gasteiger partial charge in [-0.05, 0) is 19.1 Å². The van der Waals surface area contributed by atoms with Crippen molar-refractivity contribution in [2.24, 2.45) is 0 Å². The first-order chi connectivity index (χ1) is 8.03. The molecule has 0 aliphatic carbocycles. The van der Waals surface area contributed by atoms with Crippen molar-refractivity contribution in [3.63, 3.8) is 0 Å². The van der Waals surface area contributed by atoms with E-state index in [-0.39, 0.29) is 0 Å². The van der Waals surface area contributed by atoms with Crippen LogP contribution in [-0.2, 0) is 14.3 Å². The van der Waals surface area contributed by atoms with Crippen molar-refractivity contribution in [3.05, 3.63) is 35.9 Å². The molecule has 1 aromatic carbocycles. The Morgan fingerprint density at radius 1 is 1.29 bits per heavy atom. The molecular formula is C12H13NO4. The second-order valence-electron chi connectivity index (χ2n) is 3.63. The number of nitrogens with one attached hydrogen (secondary N) is 1. The molecule has 5 heteroatoms. The highest BCUT2D eigenvalue weighted by Crippen LogP contribution is 2.06. The summed E-state index contributed by atoms with van der Waals surface area (Å²) in [5, 5.41) is 2.33. The number of hydrogen-bond acceptors (Lipinski definition) is 4. The van der Waals surface area contributed by atoms with Crippen molar-refractivity contribution in [1.29, 1.82) is 0 Å². The highest BCUT2D eigenvalue weighted by Gasteiger charge is 2.36. The second kappa shape index (κ2) is 5.25.